The van der Waals surface area contributed by atoms with E-state index in [0.717, 1.165) is 24.0 Å². The van der Waals surface area contributed by atoms with Gasteiger partial charge in [0.05, 0.1) is 5.52 Å². The van der Waals surface area contributed by atoms with Gasteiger partial charge in [0.2, 0.25) is 5.95 Å². The van der Waals surface area contributed by atoms with Crippen molar-refractivity contribution in [3.63, 3.8) is 0 Å². The number of nitrogens with one attached hydrogen (secondary N) is 1. The molecule has 1 fully saturated rings. The summed E-state index contributed by atoms with van der Waals surface area (Å²) in [7, 11) is 0. The van der Waals surface area contributed by atoms with Crippen molar-refractivity contribution in [3.05, 3.63) is 24.3 Å². The van der Waals surface area contributed by atoms with Crippen LogP contribution in [0.25, 0.3) is 11.0 Å². The maximum Gasteiger partial charge on any atom is 0.243 e. The molecule has 3 N–H and O–H groups in total. The van der Waals surface area contributed by atoms with Gasteiger partial charge in [0.1, 0.15) is 5.52 Å². The average molecular weight is 257 g/mol. The minimum Gasteiger partial charge on any atom is -0.353 e. The summed E-state index contributed by atoms with van der Waals surface area (Å²) in [5.41, 5.74) is 7.83. The van der Waals surface area contributed by atoms with E-state index < -0.39 is 0 Å². The predicted octanol–water partition coefficient (Wildman–Crippen LogP) is 1.95. The predicted molar refractivity (Wildman–Crippen MR) is 75.8 cm³/mol. The highest BCUT2D eigenvalue weighted by Crippen LogP contribution is 2.23. The van der Waals surface area contributed by atoms with E-state index in [4.69, 9.17) is 5.73 Å². The zero-order valence-corrected chi connectivity index (χ0v) is 10.9. The van der Waals surface area contributed by atoms with Gasteiger partial charge in [0, 0.05) is 12.6 Å². The first-order valence-corrected chi connectivity index (χ1v) is 6.92. The fourth-order valence-electron chi connectivity index (χ4n) is 2.67. The molecular formula is C14H19N5. The normalized spacial score (nSPS) is 23.4. The molecule has 2 aromatic rings. The van der Waals surface area contributed by atoms with Gasteiger partial charge in [0.15, 0.2) is 0 Å². The summed E-state index contributed by atoms with van der Waals surface area (Å²) in [5, 5.41) is 11.5. The van der Waals surface area contributed by atoms with Gasteiger partial charge in [-0.1, -0.05) is 25.0 Å². The summed E-state index contributed by atoms with van der Waals surface area (Å²) in [6, 6.07) is 8.05. The zero-order valence-electron chi connectivity index (χ0n) is 10.9. The van der Waals surface area contributed by atoms with Crippen molar-refractivity contribution < 1.29 is 0 Å². The van der Waals surface area contributed by atoms with Crippen molar-refractivity contribution >= 4 is 17.0 Å². The topological polar surface area (TPSA) is 76.7 Å². The van der Waals surface area contributed by atoms with E-state index in [9.17, 15) is 0 Å². The molecule has 1 aromatic carbocycles. The number of hydrogen-bond acceptors (Lipinski definition) is 5. The molecule has 1 aromatic heterocycles. The van der Waals surface area contributed by atoms with Crippen molar-refractivity contribution in [1.82, 2.24) is 15.2 Å². The van der Waals surface area contributed by atoms with Crippen LogP contribution in [0.2, 0.25) is 0 Å². The van der Waals surface area contributed by atoms with E-state index in [1.54, 1.807) is 0 Å². The fourth-order valence-corrected chi connectivity index (χ4v) is 2.67. The Hall–Kier alpha value is -1.75. The van der Waals surface area contributed by atoms with Crippen LogP contribution in [0.3, 0.4) is 0 Å². The van der Waals surface area contributed by atoms with E-state index >= 15 is 0 Å². The van der Waals surface area contributed by atoms with Crippen LogP contribution >= 0.6 is 0 Å². The third kappa shape index (κ3) is 2.81. The maximum atomic E-state index is 6.14. The second-order valence-electron chi connectivity index (χ2n) is 5.21. The first-order valence-electron chi connectivity index (χ1n) is 6.92. The van der Waals surface area contributed by atoms with Gasteiger partial charge in [-0.15, -0.1) is 10.2 Å². The van der Waals surface area contributed by atoms with Gasteiger partial charge in [0.25, 0.3) is 0 Å². The van der Waals surface area contributed by atoms with Gasteiger partial charge < -0.3 is 11.1 Å². The summed E-state index contributed by atoms with van der Waals surface area (Å²) in [6.45, 7) is 0.835. The zero-order chi connectivity index (χ0) is 13.1. The molecule has 0 aliphatic heterocycles. The molecule has 1 saturated carbocycles. The molecule has 0 radical (unpaired) electrons. The van der Waals surface area contributed by atoms with Crippen LogP contribution in [-0.2, 0) is 0 Å². The largest absolute Gasteiger partial charge is 0.353 e. The minimum atomic E-state index is 0.301. The lowest BCUT2D eigenvalue weighted by Gasteiger charge is -2.28. The van der Waals surface area contributed by atoms with E-state index in [1.807, 2.05) is 24.3 Å². The van der Waals surface area contributed by atoms with Crippen LogP contribution in [0, 0.1) is 5.92 Å². The highest BCUT2D eigenvalue weighted by molar-refractivity contribution is 5.73. The number of anilines is 1. The van der Waals surface area contributed by atoms with Crippen LogP contribution in [-0.4, -0.2) is 27.8 Å². The molecule has 0 saturated heterocycles. The first-order chi connectivity index (χ1) is 9.33. The summed E-state index contributed by atoms with van der Waals surface area (Å²) in [6.07, 6.45) is 4.85. The van der Waals surface area contributed by atoms with Gasteiger partial charge in [-0.3, -0.25) is 0 Å². The Balaban J connectivity index is 1.67. The molecular weight excluding hydrogens is 238 g/mol. The Morgan fingerprint density at radius 1 is 1.11 bits per heavy atom. The molecule has 3 rings (SSSR count). The van der Waals surface area contributed by atoms with Crippen LogP contribution < -0.4 is 11.1 Å². The SMILES string of the molecule is NC1CCCCC1CNc1nnc2ccccc2n1. The van der Waals surface area contributed by atoms with Crippen LogP contribution in [0.15, 0.2) is 24.3 Å². The van der Waals surface area contributed by atoms with E-state index in [1.165, 1.54) is 19.3 Å². The standard InChI is InChI=1S/C14H19N5/c15-11-6-2-1-5-10(11)9-16-14-17-12-7-3-4-8-13(12)18-19-14/h3-4,7-8,10-11H,1-2,5-6,9,15H2,(H,16,17,19). The monoisotopic (exact) mass is 257 g/mol. The minimum absolute atomic E-state index is 0.301. The van der Waals surface area contributed by atoms with Gasteiger partial charge in [-0.25, -0.2) is 4.98 Å². The third-order valence-corrected chi connectivity index (χ3v) is 3.85. The number of fused-ring (bicyclic) bond motifs is 1. The fraction of sp³-hybridized carbons (Fsp3) is 0.500. The van der Waals surface area contributed by atoms with Crippen molar-refractivity contribution in [2.45, 2.75) is 31.7 Å². The molecule has 19 heavy (non-hydrogen) atoms. The van der Waals surface area contributed by atoms with E-state index in [0.29, 0.717) is 17.9 Å². The Kier molecular flexibility index (Phi) is 3.55. The molecule has 100 valence electrons. The molecule has 1 heterocycles. The summed E-state index contributed by atoms with van der Waals surface area (Å²) in [5.74, 6) is 1.11. The van der Waals surface area contributed by atoms with Gasteiger partial charge in [-0.2, -0.15) is 0 Å². The Labute approximate surface area is 112 Å². The lowest BCUT2D eigenvalue weighted by atomic mass is 9.85. The molecule has 2 atom stereocenters. The number of hydrogen-bond donors (Lipinski definition) is 2. The summed E-state index contributed by atoms with van der Waals surface area (Å²) < 4.78 is 0. The smallest absolute Gasteiger partial charge is 0.243 e. The quantitative estimate of drug-likeness (QED) is 0.879. The van der Waals surface area contributed by atoms with Crippen molar-refractivity contribution in [3.8, 4) is 0 Å². The lowest BCUT2D eigenvalue weighted by Crippen LogP contribution is -2.37. The summed E-state index contributed by atoms with van der Waals surface area (Å²) in [4.78, 5) is 4.46. The lowest BCUT2D eigenvalue weighted by molar-refractivity contribution is 0.321. The number of rotatable bonds is 3. The maximum absolute atomic E-state index is 6.14. The third-order valence-electron chi connectivity index (χ3n) is 3.85. The molecule has 0 amide bonds. The Morgan fingerprint density at radius 2 is 1.89 bits per heavy atom. The van der Waals surface area contributed by atoms with Crippen molar-refractivity contribution in [2.75, 3.05) is 11.9 Å². The average Bonchev–Trinajstić information content (AvgIpc) is 2.46. The second-order valence-corrected chi connectivity index (χ2v) is 5.21. The highest BCUT2D eigenvalue weighted by Gasteiger charge is 2.21. The van der Waals surface area contributed by atoms with E-state index in [-0.39, 0.29) is 0 Å². The number of nitrogens with two attached hydrogens (primary N) is 1. The number of nitrogens with zero attached hydrogens (tertiary/aromatic N) is 3. The Bertz CT molecular complexity index is 556. The number of aromatic nitrogens is 3. The van der Waals surface area contributed by atoms with Gasteiger partial charge in [-0.05, 0) is 30.9 Å². The number of para-hydroxylation sites is 1. The second kappa shape index (κ2) is 5.48. The van der Waals surface area contributed by atoms with Crippen LogP contribution in [0.5, 0.6) is 0 Å². The molecule has 1 aliphatic carbocycles. The van der Waals surface area contributed by atoms with Crippen molar-refractivity contribution in [2.24, 2.45) is 11.7 Å². The Morgan fingerprint density at radius 3 is 2.74 bits per heavy atom. The van der Waals surface area contributed by atoms with Gasteiger partial charge >= 0.3 is 0 Å². The molecule has 2 unspecified atom stereocenters. The molecule has 0 bridgehead atoms. The van der Waals surface area contributed by atoms with Crippen LogP contribution in [0.1, 0.15) is 25.7 Å². The number of benzene rings is 1. The highest BCUT2D eigenvalue weighted by atomic mass is 15.2. The molecule has 0 spiro atoms. The van der Waals surface area contributed by atoms with Crippen molar-refractivity contribution in [1.29, 1.82) is 0 Å². The summed E-state index contributed by atoms with van der Waals surface area (Å²) >= 11 is 0. The molecule has 1 aliphatic rings. The molecule has 5 nitrogen and oxygen atoms in total. The van der Waals surface area contributed by atoms with E-state index in [2.05, 4.69) is 20.5 Å². The van der Waals surface area contributed by atoms with Crippen LogP contribution in [0.4, 0.5) is 5.95 Å². The first kappa shape index (κ1) is 12.3. The molecule has 5 heteroatoms.